The molecular formula is C24H21IN6O2. The number of hydrogen-bond donors (Lipinski definition) is 1. The largest absolute Gasteiger partial charge is 0.368 e. The molecule has 0 spiro atoms. The Labute approximate surface area is 205 Å². The molecule has 2 aromatic heterocycles. The third-order valence-electron chi connectivity index (χ3n) is 4.90. The quantitative estimate of drug-likeness (QED) is 0.174. The summed E-state index contributed by atoms with van der Waals surface area (Å²) in [5.41, 5.74) is 3.01. The zero-order chi connectivity index (χ0) is 23.0. The minimum atomic E-state index is -0.461. The fourth-order valence-corrected chi connectivity index (χ4v) is 3.90. The molecular weight excluding hydrogens is 531 g/mol. The minimum absolute atomic E-state index is 0.0352. The van der Waals surface area contributed by atoms with Crippen molar-refractivity contribution in [2.45, 2.75) is 6.54 Å². The summed E-state index contributed by atoms with van der Waals surface area (Å²) >= 11 is 2.31. The minimum Gasteiger partial charge on any atom is -0.368 e. The summed E-state index contributed by atoms with van der Waals surface area (Å²) in [5, 5.41) is 14.0. The molecule has 0 bridgehead atoms. The molecule has 0 atom stereocenters. The number of pyridine rings is 1. The first-order valence-corrected chi connectivity index (χ1v) is 11.4. The van der Waals surface area contributed by atoms with Gasteiger partial charge in [0.2, 0.25) is 5.95 Å². The van der Waals surface area contributed by atoms with Crippen molar-refractivity contribution in [2.24, 2.45) is 0 Å². The first-order valence-electron chi connectivity index (χ1n) is 10.3. The summed E-state index contributed by atoms with van der Waals surface area (Å²) in [6.45, 7) is 1.82. The third kappa shape index (κ3) is 6.22. The second-order valence-electron chi connectivity index (χ2n) is 7.24. The topological polar surface area (TPSA) is 97.1 Å². The van der Waals surface area contributed by atoms with Crippen LogP contribution in [0.5, 0.6) is 0 Å². The average molecular weight is 552 g/mol. The Kier molecular flexibility index (Phi) is 7.40. The number of halogens is 1. The molecule has 9 heteroatoms. The Balaban J connectivity index is 1.52. The number of benzene rings is 2. The van der Waals surface area contributed by atoms with E-state index >= 15 is 0 Å². The number of nitro groups is 1. The van der Waals surface area contributed by atoms with Crippen LogP contribution in [0.25, 0.3) is 11.3 Å². The summed E-state index contributed by atoms with van der Waals surface area (Å²) in [7, 11) is 0. The molecule has 2 heterocycles. The zero-order valence-electron chi connectivity index (χ0n) is 17.6. The molecule has 0 unspecified atom stereocenters. The van der Waals surface area contributed by atoms with Crippen molar-refractivity contribution in [1.82, 2.24) is 15.0 Å². The molecule has 4 rings (SSSR count). The fraction of sp³-hybridized carbons (Fsp3) is 0.125. The smallest absolute Gasteiger partial charge is 0.287 e. The fourth-order valence-electron chi connectivity index (χ4n) is 3.29. The molecule has 2 aromatic carbocycles. The van der Waals surface area contributed by atoms with Gasteiger partial charge in [-0.25, -0.2) is 15.0 Å². The first-order chi connectivity index (χ1) is 16.1. The van der Waals surface area contributed by atoms with E-state index in [9.17, 15) is 10.1 Å². The normalized spacial score (nSPS) is 10.6. The molecule has 0 aliphatic carbocycles. The highest BCUT2D eigenvalue weighted by Crippen LogP contribution is 2.20. The van der Waals surface area contributed by atoms with Gasteiger partial charge < -0.3 is 10.2 Å². The van der Waals surface area contributed by atoms with Gasteiger partial charge in [-0.05, 0) is 52.4 Å². The third-order valence-corrected chi connectivity index (χ3v) is 5.58. The van der Waals surface area contributed by atoms with Crippen molar-refractivity contribution in [3.63, 3.8) is 0 Å². The van der Waals surface area contributed by atoms with Crippen LogP contribution in [-0.4, -0.2) is 33.0 Å². The van der Waals surface area contributed by atoms with Crippen molar-refractivity contribution in [3.8, 4) is 11.3 Å². The van der Waals surface area contributed by atoms with Gasteiger partial charge in [0.25, 0.3) is 5.69 Å². The molecule has 166 valence electrons. The standard InChI is InChI=1S/C24H21IN6O2/c25-20-8-4-5-18(15-20)17-30(14-13-26-23-10-9-21(16-28-23)31(32)33)24-27-12-11-22(29-24)19-6-2-1-3-7-19/h1-12,15-16H,13-14,17H2,(H,26,28). The van der Waals surface area contributed by atoms with E-state index in [2.05, 4.69) is 61.0 Å². The van der Waals surface area contributed by atoms with Gasteiger partial charge >= 0.3 is 0 Å². The predicted molar refractivity (Wildman–Crippen MR) is 137 cm³/mol. The molecule has 0 radical (unpaired) electrons. The Morgan fingerprint density at radius 1 is 1.00 bits per heavy atom. The predicted octanol–water partition coefficient (Wildman–Crippen LogP) is 5.17. The Bertz CT molecular complexity index is 1220. The number of nitrogens with one attached hydrogen (secondary N) is 1. The zero-order valence-corrected chi connectivity index (χ0v) is 19.8. The first kappa shape index (κ1) is 22.6. The molecule has 0 amide bonds. The Morgan fingerprint density at radius 2 is 1.85 bits per heavy atom. The number of aromatic nitrogens is 3. The van der Waals surface area contributed by atoms with E-state index in [1.165, 1.54) is 12.3 Å². The second-order valence-corrected chi connectivity index (χ2v) is 8.49. The van der Waals surface area contributed by atoms with Gasteiger partial charge in [0.05, 0.1) is 10.6 Å². The summed E-state index contributed by atoms with van der Waals surface area (Å²) in [6, 6.07) is 23.3. The van der Waals surface area contributed by atoms with Crippen LogP contribution < -0.4 is 10.2 Å². The molecule has 0 aliphatic rings. The van der Waals surface area contributed by atoms with E-state index < -0.39 is 4.92 Å². The lowest BCUT2D eigenvalue weighted by Crippen LogP contribution is -2.30. The molecule has 4 aromatic rings. The molecule has 0 aliphatic heterocycles. The van der Waals surface area contributed by atoms with Crippen molar-refractivity contribution in [2.75, 3.05) is 23.3 Å². The van der Waals surface area contributed by atoms with Gasteiger partial charge in [-0.1, -0.05) is 42.5 Å². The highest BCUT2D eigenvalue weighted by Gasteiger charge is 2.13. The van der Waals surface area contributed by atoms with Crippen molar-refractivity contribution in [3.05, 3.63) is 104 Å². The molecule has 33 heavy (non-hydrogen) atoms. The van der Waals surface area contributed by atoms with Crippen LogP contribution >= 0.6 is 22.6 Å². The van der Waals surface area contributed by atoms with E-state index in [1.54, 1.807) is 12.3 Å². The number of rotatable bonds is 9. The molecule has 8 nitrogen and oxygen atoms in total. The molecule has 0 fully saturated rings. The van der Waals surface area contributed by atoms with Crippen LogP contribution in [0, 0.1) is 13.7 Å². The Morgan fingerprint density at radius 3 is 2.58 bits per heavy atom. The van der Waals surface area contributed by atoms with Crippen molar-refractivity contribution in [1.29, 1.82) is 0 Å². The highest BCUT2D eigenvalue weighted by molar-refractivity contribution is 14.1. The van der Waals surface area contributed by atoms with Crippen molar-refractivity contribution >= 4 is 40.0 Å². The number of hydrogen-bond acceptors (Lipinski definition) is 7. The highest BCUT2D eigenvalue weighted by atomic mass is 127. The summed E-state index contributed by atoms with van der Waals surface area (Å²) < 4.78 is 1.16. The SMILES string of the molecule is O=[N+]([O-])c1ccc(NCCN(Cc2cccc(I)c2)c2nccc(-c3ccccc3)n2)nc1. The van der Waals surface area contributed by atoms with Crippen LogP contribution in [0.4, 0.5) is 17.5 Å². The van der Waals surface area contributed by atoms with Crippen LogP contribution in [0.15, 0.2) is 85.2 Å². The van der Waals surface area contributed by atoms with Gasteiger partial charge in [-0.15, -0.1) is 0 Å². The van der Waals surface area contributed by atoms with Crippen LogP contribution in [0.2, 0.25) is 0 Å². The summed E-state index contributed by atoms with van der Waals surface area (Å²) in [5.74, 6) is 1.21. The van der Waals surface area contributed by atoms with Gasteiger partial charge in [0.1, 0.15) is 12.0 Å². The maximum Gasteiger partial charge on any atom is 0.287 e. The van der Waals surface area contributed by atoms with Crippen LogP contribution in [0.1, 0.15) is 5.56 Å². The van der Waals surface area contributed by atoms with Gasteiger partial charge in [-0.2, -0.15) is 0 Å². The lowest BCUT2D eigenvalue weighted by atomic mass is 10.1. The second kappa shape index (κ2) is 10.8. The lowest BCUT2D eigenvalue weighted by molar-refractivity contribution is -0.385. The van der Waals surface area contributed by atoms with Crippen molar-refractivity contribution < 1.29 is 4.92 Å². The maximum atomic E-state index is 10.8. The van der Waals surface area contributed by atoms with Crippen LogP contribution in [0.3, 0.4) is 0 Å². The monoisotopic (exact) mass is 552 g/mol. The van der Waals surface area contributed by atoms with E-state index in [0.717, 1.165) is 20.4 Å². The average Bonchev–Trinajstić information content (AvgIpc) is 2.84. The van der Waals surface area contributed by atoms with E-state index in [0.29, 0.717) is 31.4 Å². The number of anilines is 2. The van der Waals surface area contributed by atoms with Crippen LogP contribution in [-0.2, 0) is 6.54 Å². The summed E-state index contributed by atoms with van der Waals surface area (Å²) in [6.07, 6.45) is 3.02. The summed E-state index contributed by atoms with van der Waals surface area (Å²) in [4.78, 5) is 25.9. The van der Waals surface area contributed by atoms with Gasteiger partial charge in [0.15, 0.2) is 0 Å². The van der Waals surface area contributed by atoms with Gasteiger partial charge in [0, 0.05) is 41.0 Å². The molecule has 0 saturated heterocycles. The van der Waals surface area contributed by atoms with E-state index in [1.807, 2.05) is 42.5 Å². The molecule has 0 saturated carbocycles. The Hall–Kier alpha value is -3.60. The van der Waals surface area contributed by atoms with Gasteiger partial charge in [-0.3, -0.25) is 10.1 Å². The maximum absolute atomic E-state index is 10.8. The lowest BCUT2D eigenvalue weighted by Gasteiger charge is -2.23. The molecule has 1 N–H and O–H groups in total. The number of nitrogens with zero attached hydrogens (tertiary/aromatic N) is 5. The van der Waals surface area contributed by atoms with E-state index in [4.69, 9.17) is 4.98 Å². The van der Waals surface area contributed by atoms with E-state index in [-0.39, 0.29) is 5.69 Å².